The lowest BCUT2D eigenvalue weighted by molar-refractivity contribution is 0.181. The van der Waals surface area contributed by atoms with E-state index in [2.05, 4.69) is 34.6 Å². The van der Waals surface area contributed by atoms with E-state index in [1.54, 1.807) is 0 Å². The minimum absolute atomic E-state index is 0.341. The molecule has 128 valence electrons. The van der Waals surface area contributed by atoms with Crippen LogP contribution in [0.5, 0.6) is 0 Å². The third-order valence-corrected chi connectivity index (χ3v) is 5.32. The topological polar surface area (TPSA) is 36.9 Å². The number of thioether (sulfide) groups is 1. The summed E-state index contributed by atoms with van der Waals surface area (Å²) in [7, 11) is 3.92. The Hall–Kier alpha value is -0.910. The van der Waals surface area contributed by atoms with Crippen molar-refractivity contribution in [3.05, 3.63) is 34.9 Å². The van der Waals surface area contributed by atoms with Crippen molar-refractivity contribution in [1.29, 1.82) is 0 Å². The summed E-state index contributed by atoms with van der Waals surface area (Å²) in [6, 6.07) is 8.07. The van der Waals surface area contributed by atoms with Crippen LogP contribution < -0.4 is 5.32 Å². The highest BCUT2D eigenvalue weighted by Crippen LogP contribution is 2.27. The fraction of sp³-hybridized carbons (Fsp3) is 0.588. The van der Waals surface area contributed by atoms with Gasteiger partial charge < -0.3 is 15.0 Å². The summed E-state index contributed by atoms with van der Waals surface area (Å²) in [5, 5.41) is 4.61. The minimum atomic E-state index is 0.341. The number of rotatable bonds is 6. The zero-order valence-corrected chi connectivity index (χ0v) is 15.7. The normalized spacial score (nSPS) is 19.7. The summed E-state index contributed by atoms with van der Waals surface area (Å²) in [4.78, 5) is 6.59. The van der Waals surface area contributed by atoms with Gasteiger partial charge in [0, 0.05) is 50.0 Å². The van der Waals surface area contributed by atoms with E-state index in [1.165, 1.54) is 5.56 Å². The van der Waals surface area contributed by atoms with Crippen LogP contribution in [0.15, 0.2) is 29.3 Å². The molecule has 2 unspecified atom stereocenters. The van der Waals surface area contributed by atoms with Crippen LogP contribution in [0.3, 0.4) is 0 Å². The largest absolute Gasteiger partial charge is 0.381 e. The molecule has 0 aliphatic carbocycles. The van der Waals surface area contributed by atoms with Crippen LogP contribution >= 0.6 is 23.4 Å². The summed E-state index contributed by atoms with van der Waals surface area (Å²) in [6.45, 7) is 3.53. The first-order valence-electron chi connectivity index (χ1n) is 7.91. The zero-order chi connectivity index (χ0) is 16.7. The second-order valence-corrected chi connectivity index (χ2v) is 7.29. The highest BCUT2D eigenvalue weighted by molar-refractivity contribution is 7.98. The van der Waals surface area contributed by atoms with Gasteiger partial charge in [0.15, 0.2) is 5.96 Å². The third kappa shape index (κ3) is 5.59. The molecule has 23 heavy (non-hydrogen) atoms. The van der Waals surface area contributed by atoms with E-state index in [0.29, 0.717) is 11.2 Å². The maximum Gasteiger partial charge on any atom is 0.193 e. The number of benzene rings is 1. The molecule has 2 atom stereocenters. The SMILES string of the molecule is CN=C(NCC(SC)c1cccc(Cl)c1)N(C)CC1CCOC1. The fourth-order valence-corrected chi connectivity index (χ4v) is 3.68. The second-order valence-electron chi connectivity index (χ2n) is 5.82. The molecule has 0 aromatic heterocycles. The molecule has 1 saturated heterocycles. The number of halogens is 1. The number of guanidine groups is 1. The fourth-order valence-electron chi connectivity index (χ4n) is 2.81. The van der Waals surface area contributed by atoms with Gasteiger partial charge in [0.25, 0.3) is 0 Å². The van der Waals surface area contributed by atoms with Crippen LogP contribution in [-0.4, -0.2) is 57.5 Å². The van der Waals surface area contributed by atoms with Gasteiger partial charge in [-0.2, -0.15) is 11.8 Å². The van der Waals surface area contributed by atoms with E-state index in [1.807, 2.05) is 37.0 Å². The zero-order valence-electron chi connectivity index (χ0n) is 14.1. The van der Waals surface area contributed by atoms with E-state index >= 15 is 0 Å². The first-order chi connectivity index (χ1) is 11.1. The van der Waals surface area contributed by atoms with Crippen molar-refractivity contribution >= 4 is 29.3 Å². The Morgan fingerprint density at radius 2 is 2.39 bits per heavy atom. The Labute approximate surface area is 148 Å². The molecule has 1 heterocycles. The van der Waals surface area contributed by atoms with Crippen LogP contribution in [-0.2, 0) is 4.74 Å². The third-order valence-electron chi connectivity index (χ3n) is 4.08. The first-order valence-corrected chi connectivity index (χ1v) is 9.58. The smallest absolute Gasteiger partial charge is 0.193 e. The van der Waals surface area contributed by atoms with Crippen LogP contribution in [0.4, 0.5) is 0 Å². The molecular weight excluding hydrogens is 330 g/mol. The molecule has 0 radical (unpaired) electrons. The van der Waals surface area contributed by atoms with Crippen molar-refractivity contribution in [3.63, 3.8) is 0 Å². The lowest BCUT2D eigenvalue weighted by atomic mass is 10.1. The first kappa shape index (κ1) is 18.4. The minimum Gasteiger partial charge on any atom is -0.381 e. The van der Waals surface area contributed by atoms with Gasteiger partial charge in [0.1, 0.15) is 0 Å². The Kier molecular flexibility index (Phi) is 7.53. The summed E-state index contributed by atoms with van der Waals surface area (Å²) in [5.41, 5.74) is 1.24. The summed E-state index contributed by atoms with van der Waals surface area (Å²) in [6.07, 6.45) is 3.26. The highest BCUT2D eigenvalue weighted by atomic mass is 35.5. The molecule has 1 fully saturated rings. The molecule has 1 aromatic carbocycles. The lowest BCUT2D eigenvalue weighted by Gasteiger charge is -2.26. The standard InChI is InChI=1S/C17H26ClN3OS/c1-19-17(21(2)11-13-7-8-22-12-13)20-10-16(23-3)14-5-4-6-15(18)9-14/h4-6,9,13,16H,7-8,10-12H2,1-3H3,(H,19,20). The van der Waals surface area contributed by atoms with Gasteiger partial charge in [0.2, 0.25) is 0 Å². The van der Waals surface area contributed by atoms with Crippen LogP contribution in [0, 0.1) is 5.92 Å². The van der Waals surface area contributed by atoms with Crippen molar-refractivity contribution in [2.45, 2.75) is 11.7 Å². The van der Waals surface area contributed by atoms with Crippen molar-refractivity contribution in [2.75, 3.05) is 46.7 Å². The number of aliphatic imine (C=N–C) groups is 1. The average molecular weight is 356 g/mol. The van der Waals surface area contributed by atoms with Crippen LogP contribution in [0.1, 0.15) is 17.2 Å². The Morgan fingerprint density at radius 3 is 3.00 bits per heavy atom. The van der Waals surface area contributed by atoms with Gasteiger partial charge in [0.05, 0.1) is 6.61 Å². The average Bonchev–Trinajstić information content (AvgIpc) is 3.04. The predicted octanol–water partition coefficient (Wildman–Crippen LogP) is 3.29. The molecule has 2 rings (SSSR count). The molecule has 1 N–H and O–H groups in total. The van der Waals surface area contributed by atoms with Gasteiger partial charge in [-0.3, -0.25) is 4.99 Å². The number of hydrogen-bond donors (Lipinski definition) is 1. The van der Waals surface area contributed by atoms with E-state index < -0.39 is 0 Å². The maximum atomic E-state index is 6.11. The molecule has 4 nitrogen and oxygen atoms in total. The second kappa shape index (κ2) is 9.40. The molecule has 0 amide bonds. The lowest BCUT2D eigenvalue weighted by Crippen LogP contribution is -2.42. The monoisotopic (exact) mass is 355 g/mol. The van der Waals surface area contributed by atoms with Crippen molar-refractivity contribution in [3.8, 4) is 0 Å². The van der Waals surface area contributed by atoms with E-state index in [4.69, 9.17) is 16.3 Å². The Balaban J connectivity index is 1.90. The van der Waals surface area contributed by atoms with Gasteiger partial charge in [-0.1, -0.05) is 23.7 Å². The van der Waals surface area contributed by atoms with Gasteiger partial charge in [-0.05, 0) is 30.4 Å². The molecule has 1 aromatic rings. The number of hydrogen-bond acceptors (Lipinski definition) is 3. The molecule has 1 aliphatic heterocycles. The molecule has 0 bridgehead atoms. The van der Waals surface area contributed by atoms with E-state index in [-0.39, 0.29) is 0 Å². The molecule has 0 saturated carbocycles. The summed E-state index contributed by atoms with van der Waals surface area (Å²) >= 11 is 7.92. The van der Waals surface area contributed by atoms with Crippen LogP contribution in [0.25, 0.3) is 0 Å². The molecule has 0 spiro atoms. The molecule has 1 aliphatic rings. The van der Waals surface area contributed by atoms with Gasteiger partial charge in [-0.15, -0.1) is 0 Å². The Bertz CT molecular complexity index is 520. The predicted molar refractivity (Wildman–Crippen MR) is 101 cm³/mol. The van der Waals surface area contributed by atoms with Crippen LogP contribution in [0.2, 0.25) is 5.02 Å². The number of nitrogens with one attached hydrogen (secondary N) is 1. The van der Waals surface area contributed by atoms with Gasteiger partial charge >= 0.3 is 0 Å². The molecule has 6 heteroatoms. The van der Waals surface area contributed by atoms with Crippen molar-refractivity contribution in [2.24, 2.45) is 10.9 Å². The maximum absolute atomic E-state index is 6.11. The Morgan fingerprint density at radius 1 is 1.57 bits per heavy atom. The van der Waals surface area contributed by atoms with E-state index in [9.17, 15) is 0 Å². The quantitative estimate of drug-likeness (QED) is 0.627. The van der Waals surface area contributed by atoms with Crippen molar-refractivity contribution < 1.29 is 4.74 Å². The summed E-state index contributed by atoms with van der Waals surface area (Å²) < 4.78 is 5.45. The number of ether oxygens (including phenoxy) is 1. The van der Waals surface area contributed by atoms with E-state index in [0.717, 1.165) is 43.7 Å². The number of nitrogens with zero attached hydrogens (tertiary/aromatic N) is 2. The molecular formula is C17H26ClN3OS. The van der Waals surface area contributed by atoms with Crippen molar-refractivity contribution in [1.82, 2.24) is 10.2 Å². The van der Waals surface area contributed by atoms with Gasteiger partial charge in [-0.25, -0.2) is 0 Å². The highest BCUT2D eigenvalue weighted by Gasteiger charge is 2.19. The summed E-state index contributed by atoms with van der Waals surface area (Å²) in [5.74, 6) is 1.53.